The molecule has 0 radical (unpaired) electrons. The molecule has 2 aromatic rings. The third-order valence-electron chi connectivity index (χ3n) is 3.02. The summed E-state index contributed by atoms with van der Waals surface area (Å²) >= 11 is 0. The van der Waals surface area contributed by atoms with Crippen LogP contribution >= 0.6 is 0 Å². The van der Waals surface area contributed by atoms with Crippen molar-refractivity contribution >= 4 is 10.0 Å². The molecule has 0 aliphatic heterocycles. The van der Waals surface area contributed by atoms with Gasteiger partial charge in [0.2, 0.25) is 10.0 Å². The molecule has 0 fully saturated rings. The first kappa shape index (κ1) is 15.6. The number of aromatic nitrogens is 1. The Morgan fingerprint density at radius 3 is 2.52 bits per heavy atom. The number of benzene rings is 1. The van der Waals surface area contributed by atoms with Gasteiger partial charge in [0, 0.05) is 25.0 Å². The molecule has 21 heavy (non-hydrogen) atoms. The number of nitrogens with one attached hydrogen (secondary N) is 3. The third kappa shape index (κ3) is 4.07. The van der Waals surface area contributed by atoms with Crippen LogP contribution in [-0.4, -0.2) is 27.6 Å². The number of sulfonamides is 1. The van der Waals surface area contributed by atoms with E-state index in [9.17, 15) is 8.42 Å². The van der Waals surface area contributed by atoms with Crippen LogP contribution in [-0.2, 0) is 23.1 Å². The zero-order valence-corrected chi connectivity index (χ0v) is 12.8. The summed E-state index contributed by atoms with van der Waals surface area (Å²) in [4.78, 5) is 3.17. The van der Waals surface area contributed by atoms with Crippen LogP contribution in [0.3, 0.4) is 0 Å². The minimum absolute atomic E-state index is 0.235. The van der Waals surface area contributed by atoms with Crippen molar-refractivity contribution in [1.82, 2.24) is 15.0 Å². The molecular weight excluding hydrogens is 290 g/mol. The second-order valence-electron chi connectivity index (χ2n) is 4.56. The predicted octanol–water partition coefficient (Wildman–Crippen LogP) is 1.22. The van der Waals surface area contributed by atoms with Crippen LogP contribution in [0.5, 0.6) is 5.75 Å². The molecule has 1 aromatic carbocycles. The number of H-pyrrole nitrogens is 1. The average molecular weight is 309 g/mol. The number of rotatable bonds is 7. The fraction of sp³-hybridized carbons (Fsp3) is 0.286. The van der Waals surface area contributed by atoms with E-state index in [1.165, 1.54) is 6.20 Å². The topological polar surface area (TPSA) is 83.2 Å². The van der Waals surface area contributed by atoms with Crippen LogP contribution in [0.2, 0.25) is 0 Å². The summed E-state index contributed by atoms with van der Waals surface area (Å²) in [5.41, 5.74) is 1.69. The molecule has 0 saturated carbocycles. The SMILES string of the molecule is CNCc1cc(S(=O)(=O)NCc2ccc(OC)cc2)c[nH]1. The summed E-state index contributed by atoms with van der Waals surface area (Å²) < 4.78 is 32.0. The molecule has 2 rings (SSSR count). The lowest BCUT2D eigenvalue weighted by atomic mass is 10.2. The van der Waals surface area contributed by atoms with Crippen molar-refractivity contribution < 1.29 is 13.2 Å². The van der Waals surface area contributed by atoms with Crippen molar-refractivity contribution in [2.45, 2.75) is 18.0 Å². The lowest BCUT2D eigenvalue weighted by molar-refractivity contribution is 0.414. The van der Waals surface area contributed by atoms with Gasteiger partial charge in [-0.25, -0.2) is 13.1 Å². The molecule has 0 bridgehead atoms. The molecule has 7 heteroatoms. The highest BCUT2D eigenvalue weighted by Gasteiger charge is 2.15. The molecule has 1 aromatic heterocycles. The summed E-state index contributed by atoms with van der Waals surface area (Å²) in [6, 6.07) is 8.86. The van der Waals surface area contributed by atoms with Crippen molar-refractivity contribution in [2.24, 2.45) is 0 Å². The van der Waals surface area contributed by atoms with Gasteiger partial charge in [-0.05, 0) is 30.8 Å². The maximum absolute atomic E-state index is 12.2. The van der Waals surface area contributed by atoms with E-state index in [1.54, 1.807) is 32.4 Å². The standard InChI is InChI=1S/C14H19N3O3S/c1-15-9-12-7-14(10-16-12)21(18,19)17-8-11-3-5-13(20-2)6-4-11/h3-7,10,15-17H,8-9H2,1-2H3. The van der Waals surface area contributed by atoms with Gasteiger partial charge in [0.1, 0.15) is 5.75 Å². The number of hydrogen-bond acceptors (Lipinski definition) is 4. The number of hydrogen-bond donors (Lipinski definition) is 3. The Labute approximate surface area is 124 Å². The van der Waals surface area contributed by atoms with Gasteiger partial charge < -0.3 is 15.0 Å². The van der Waals surface area contributed by atoms with Crippen LogP contribution in [0.4, 0.5) is 0 Å². The molecule has 0 aliphatic carbocycles. The minimum atomic E-state index is -3.51. The van der Waals surface area contributed by atoms with Gasteiger partial charge in [-0.1, -0.05) is 12.1 Å². The highest BCUT2D eigenvalue weighted by atomic mass is 32.2. The molecule has 1 heterocycles. The number of methoxy groups -OCH3 is 1. The van der Waals surface area contributed by atoms with Crippen LogP contribution in [0.15, 0.2) is 41.4 Å². The highest BCUT2D eigenvalue weighted by Crippen LogP contribution is 2.13. The minimum Gasteiger partial charge on any atom is -0.497 e. The van der Waals surface area contributed by atoms with E-state index in [2.05, 4.69) is 15.0 Å². The highest BCUT2D eigenvalue weighted by molar-refractivity contribution is 7.89. The first-order valence-corrected chi connectivity index (χ1v) is 7.98. The van der Waals surface area contributed by atoms with Gasteiger partial charge in [0.25, 0.3) is 0 Å². The number of ether oxygens (including phenoxy) is 1. The second kappa shape index (κ2) is 6.75. The van der Waals surface area contributed by atoms with Crippen molar-refractivity contribution in [3.63, 3.8) is 0 Å². The Kier molecular flexibility index (Phi) is 5.00. The Morgan fingerprint density at radius 2 is 1.90 bits per heavy atom. The Balaban J connectivity index is 2.02. The third-order valence-corrected chi connectivity index (χ3v) is 4.40. The van der Waals surface area contributed by atoms with E-state index < -0.39 is 10.0 Å². The summed E-state index contributed by atoms with van der Waals surface area (Å²) in [5, 5.41) is 2.96. The zero-order valence-electron chi connectivity index (χ0n) is 12.0. The van der Waals surface area contributed by atoms with Crippen molar-refractivity contribution in [1.29, 1.82) is 0 Å². The summed E-state index contributed by atoms with van der Waals surface area (Å²) in [6.45, 7) is 0.826. The van der Waals surface area contributed by atoms with Crippen LogP contribution in [0.25, 0.3) is 0 Å². The Morgan fingerprint density at radius 1 is 1.19 bits per heavy atom. The van der Waals surface area contributed by atoms with Gasteiger partial charge in [0.15, 0.2) is 0 Å². The van der Waals surface area contributed by atoms with Gasteiger partial charge in [-0.15, -0.1) is 0 Å². The van der Waals surface area contributed by atoms with Gasteiger partial charge in [-0.2, -0.15) is 0 Å². The molecule has 0 amide bonds. The lowest BCUT2D eigenvalue weighted by Gasteiger charge is -2.06. The van der Waals surface area contributed by atoms with Crippen molar-refractivity contribution in [3.05, 3.63) is 47.8 Å². The van der Waals surface area contributed by atoms with Gasteiger partial charge >= 0.3 is 0 Å². The molecular formula is C14H19N3O3S. The number of aromatic amines is 1. The maximum Gasteiger partial charge on any atom is 0.242 e. The molecule has 3 N–H and O–H groups in total. The fourth-order valence-electron chi connectivity index (χ4n) is 1.87. The summed E-state index contributed by atoms with van der Waals surface area (Å²) in [5.74, 6) is 0.740. The van der Waals surface area contributed by atoms with Crippen LogP contribution in [0.1, 0.15) is 11.3 Å². The van der Waals surface area contributed by atoms with Crippen LogP contribution < -0.4 is 14.8 Å². The molecule has 114 valence electrons. The zero-order chi connectivity index (χ0) is 15.3. The quantitative estimate of drug-likeness (QED) is 0.718. The molecule has 0 unspecified atom stereocenters. The summed E-state index contributed by atoms with van der Waals surface area (Å²) in [6.07, 6.45) is 1.49. The van der Waals surface area contributed by atoms with Crippen LogP contribution in [0, 0.1) is 0 Å². The van der Waals surface area contributed by atoms with Crippen molar-refractivity contribution in [3.8, 4) is 5.75 Å². The summed E-state index contributed by atoms with van der Waals surface area (Å²) in [7, 11) is -0.120. The molecule has 0 spiro atoms. The van der Waals surface area contributed by atoms with E-state index in [4.69, 9.17) is 4.74 Å². The second-order valence-corrected chi connectivity index (χ2v) is 6.33. The van der Waals surface area contributed by atoms with E-state index in [1.807, 2.05) is 12.1 Å². The predicted molar refractivity (Wildman–Crippen MR) is 80.6 cm³/mol. The first-order chi connectivity index (χ1) is 10.0. The van der Waals surface area contributed by atoms with E-state index in [0.29, 0.717) is 6.54 Å². The molecule has 6 nitrogen and oxygen atoms in total. The fourth-order valence-corrected chi connectivity index (χ4v) is 2.91. The lowest BCUT2D eigenvalue weighted by Crippen LogP contribution is -2.22. The first-order valence-electron chi connectivity index (χ1n) is 6.49. The largest absolute Gasteiger partial charge is 0.497 e. The monoisotopic (exact) mass is 309 g/mol. The average Bonchev–Trinajstić information content (AvgIpc) is 2.96. The molecule has 0 atom stereocenters. The van der Waals surface area contributed by atoms with Gasteiger partial charge in [0.05, 0.1) is 12.0 Å². The Hall–Kier alpha value is -1.83. The molecule has 0 saturated heterocycles. The van der Waals surface area contributed by atoms with Crippen molar-refractivity contribution in [2.75, 3.05) is 14.2 Å². The Bertz CT molecular complexity index is 678. The van der Waals surface area contributed by atoms with E-state index in [0.717, 1.165) is 17.0 Å². The van der Waals surface area contributed by atoms with E-state index in [-0.39, 0.29) is 11.4 Å². The normalized spacial score (nSPS) is 11.5. The van der Waals surface area contributed by atoms with Gasteiger partial charge in [-0.3, -0.25) is 0 Å². The smallest absolute Gasteiger partial charge is 0.242 e. The van der Waals surface area contributed by atoms with E-state index >= 15 is 0 Å². The molecule has 0 aliphatic rings. The maximum atomic E-state index is 12.2.